The van der Waals surface area contributed by atoms with E-state index in [1.54, 1.807) is 30.3 Å². The first-order chi connectivity index (χ1) is 12.4. The number of benzene rings is 1. The van der Waals surface area contributed by atoms with Crippen LogP contribution in [0.2, 0.25) is 5.02 Å². The molecular formula is C18H18ClN5O2. The topological polar surface area (TPSA) is 98.1 Å². The first-order valence-corrected chi connectivity index (χ1v) is 8.15. The maximum absolute atomic E-state index is 12.1. The Labute approximate surface area is 156 Å². The lowest BCUT2D eigenvalue weighted by molar-refractivity contribution is -0.119. The van der Waals surface area contributed by atoms with Crippen LogP contribution in [0.3, 0.4) is 0 Å². The van der Waals surface area contributed by atoms with Gasteiger partial charge >= 0.3 is 0 Å². The van der Waals surface area contributed by atoms with Crippen LogP contribution in [0.4, 0.5) is 11.5 Å². The van der Waals surface area contributed by atoms with Gasteiger partial charge in [-0.25, -0.2) is 4.98 Å². The smallest absolute Gasteiger partial charge is 0.239 e. The number of halogens is 1. The fourth-order valence-electron chi connectivity index (χ4n) is 2.22. The molecule has 1 aromatic carbocycles. The number of rotatable bonds is 6. The zero-order valence-electron chi connectivity index (χ0n) is 14.4. The van der Waals surface area contributed by atoms with Crippen molar-refractivity contribution >= 4 is 34.9 Å². The summed E-state index contributed by atoms with van der Waals surface area (Å²) in [4.78, 5) is 29.7. The highest BCUT2D eigenvalue weighted by Crippen LogP contribution is 2.20. The third-order valence-corrected chi connectivity index (χ3v) is 3.70. The Hall–Kier alpha value is -2.95. The number of aromatic nitrogens is 1. The molecule has 2 aromatic rings. The van der Waals surface area contributed by atoms with Crippen LogP contribution in [0.5, 0.6) is 0 Å². The molecule has 1 heterocycles. The predicted molar refractivity (Wildman–Crippen MR) is 99.9 cm³/mol. The molecule has 2 rings (SSSR count). The molecule has 134 valence electrons. The van der Waals surface area contributed by atoms with Crippen LogP contribution in [0.1, 0.15) is 11.1 Å². The number of pyridine rings is 1. The molecule has 7 nitrogen and oxygen atoms in total. The van der Waals surface area contributed by atoms with E-state index in [-0.39, 0.29) is 29.9 Å². The number of hydrogen-bond donors (Lipinski definition) is 2. The predicted octanol–water partition coefficient (Wildman–Crippen LogP) is 2.42. The van der Waals surface area contributed by atoms with Gasteiger partial charge in [0.1, 0.15) is 11.9 Å². The van der Waals surface area contributed by atoms with Crippen LogP contribution in [-0.4, -0.2) is 41.8 Å². The summed E-state index contributed by atoms with van der Waals surface area (Å²) in [7, 11) is 1.66. The van der Waals surface area contributed by atoms with Gasteiger partial charge in [0.2, 0.25) is 11.8 Å². The quantitative estimate of drug-likeness (QED) is 0.812. The van der Waals surface area contributed by atoms with Crippen molar-refractivity contribution in [2.75, 3.05) is 30.8 Å². The lowest BCUT2D eigenvalue weighted by Gasteiger charge is -2.16. The van der Waals surface area contributed by atoms with Gasteiger partial charge in [-0.3, -0.25) is 14.5 Å². The molecular weight excluding hydrogens is 354 g/mol. The van der Waals surface area contributed by atoms with Crippen LogP contribution in [-0.2, 0) is 9.59 Å². The van der Waals surface area contributed by atoms with Crippen LogP contribution in [0.25, 0.3) is 0 Å². The third kappa shape index (κ3) is 5.84. The van der Waals surface area contributed by atoms with Gasteiger partial charge in [-0.05, 0) is 49.9 Å². The van der Waals surface area contributed by atoms with Crippen molar-refractivity contribution in [2.24, 2.45) is 0 Å². The van der Waals surface area contributed by atoms with Gasteiger partial charge in [0, 0.05) is 11.9 Å². The van der Waals surface area contributed by atoms with Gasteiger partial charge < -0.3 is 10.6 Å². The molecule has 2 amide bonds. The number of nitrogens with zero attached hydrogens (tertiary/aromatic N) is 3. The van der Waals surface area contributed by atoms with Crippen LogP contribution >= 0.6 is 11.6 Å². The molecule has 0 aliphatic carbocycles. The van der Waals surface area contributed by atoms with Gasteiger partial charge in [0.15, 0.2) is 0 Å². The zero-order chi connectivity index (χ0) is 19.1. The van der Waals surface area contributed by atoms with Crippen molar-refractivity contribution in [3.8, 4) is 6.07 Å². The molecule has 8 heteroatoms. The van der Waals surface area contributed by atoms with Crippen molar-refractivity contribution in [3.05, 3.63) is 52.7 Å². The van der Waals surface area contributed by atoms with Crippen LogP contribution < -0.4 is 10.6 Å². The van der Waals surface area contributed by atoms with Gasteiger partial charge in [0.05, 0.1) is 23.7 Å². The van der Waals surface area contributed by atoms with Gasteiger partial charge in [0.25, 0.3) is 0 Å². The van der Waals surface area contributed by atoms with Gasteiger partial charge in [-0.1, -0.05) is 11.6 Å². The van der Waals surface area contributed by atoms with Gasteiger partial charge in [-0.15, -0.1) is 0 Å². The van der Waals surface area contributed by atoms with E-state index in [0.29, 0.717) is 17.1 Å². The SMILES string of the molecule is Cc1ccnc(NC(=O)CN(C)CC(=O)Nc2ccc(C#N)c(Cl)c2)c1. The first kappa shape index (κ1) is 19.4. The Balaban J connectivity index is 1.84. The Morgan fingerprint density at radius 2 is 1.88 bits per heavy atom. The third-order valence-electron chi connectivity index (χ3n) is 3.38. The van der Waals surface area contributed by atoms with Crippen LogP contribution in [0.15, 0.2) is 36.5 Å². The summed E-state index contributed by atoms with van der Waals surface area (Å²) in [6.07, 6.45) is 1.62. The number of nitrogens with one attached hydrogen (secondary N) is 2. The number of anilines is 2. The van der Waals surface area contributed by atoms with E-state index in [0.717, 1.165) is 5.56 Å². The molecule has 0 saturated carbocycles. The van der Waals surface area contributed by atoms with E-state index in [1.807, 2.05) is 19.1 Å². The van der Waals surface area contributed by atoms with E-state index < -0.39 is 0 Å². The maximum atomic E-state index is 12.1. The second kappa shape index (κ2) is 8.94. The van der Waals surface area contributed by atoms with Gasteiger partial charge in [-0.2, -0.15) is 5.26 Å². The Morgan fingerprint density at radius 1 is 1.19 bits per heavy atom. The molecule has 0 aliphatic heterocycles. The molecule has 2 N–H and O–H groups in total. The highest BCUT2D eigenvalue weighted by molar-refractivity contribution is 6.32. The summed E-state index contributed by atoms with van der Waals surface area (Å²) >= 11 is 5.93. The van der Waals surface area contributed by atoms with Crippen LogP contribution in [0, 0.1) is 18.3 Å². The molecule has 0 fully saturated rings. The van der Waals surface area contributed by atoms with E-state index in [9.17, 15) is 9.59 Å². The minimum atomic E-state index is -0.297. The number of aryl methyl sites for hydroxylation is 1. The molecule has 0 radical (unpaired) electrons. The monoisotopic (exact) mass is 371 g/mol. The number of carbonyl (C=O) groups is 2. The first-order valence-electron chi connectivity index (χ1n) is 7.78. The molecule has 0 unspecified atom stereocenters. The van der Waals surface area contributed by atoms with Crippen molar-refractivity contribution < 1.29 is 9.59 Å². The maximum Gasteiger partial charge on any atom is 0.239 e. The molecule has 0 atom stereocenters. The van der Waals surface area contributed by atoms with E-state index in [4.69, 9.17) is 16.9 Å². The Kier molecular flexibility index (Phi) is 6.67. The summed E-state index contributed by atoms with van der Waals surface area (Å²) in [5.74, 6) is -0.0883. The Bertz CT molecular complexity index is 863. The molecule has 1 aromatic heterocycles. The summed E-state index contributed by atoms with van der Waals surface area (Å²) in [6, 6.07) is 10.2. The molecule has 0 spiro atoms. The Morgan fingerprint density at radius 3 is 2.50 bits per heavy atom. The number of carbonyl (C=O) groups excluding carboxylic acids is 2. The highest BCUT2D eigenvalue weighted by Gasteiger charge is 2.12. The minimum absolute atomic E-state index is 0.0201. The fourth-order valence-corrected chi connectivity index (χ4v) is 2.44. The van der Waals surface area contributed by atoms with Crippen molar-refractivity contribution in [3.63, 3.8) is 0 Å². The summed E-state index contributed by atoms with van der Waals surface area (Å²) in [5.41, 5.74) is 1.81. The summed E-state index contributed by atoms with van der Waals surface area (Å²) in [5, 5.41) is 14.5. The van der Waals surface area contributed by atoms with Crippen molar-refractivity contribution in [1.29, 1.82) is 5.26 Å². The second-order valence-corrected chi connectivity index (χ2v) is 6.20. The summed E-state index contributed by atoms with van der Waals surface area (Å²) in [6.45, 7) is 1.96. The molecule has 0 saturated heterocycles. The average molecular weight is 372 g/mol. The zero-order valence-corrected chi connectivity index (χ0v) is 15.2. The lowest BCUT2D eigenvalue weighted by Crippen LogP contribution is -2.36. The molecule has 0 aliphatic rings. The van der Waals surface area contributed by atoms with Crippen molar-refractivity contribution in [2.45, 2.75) is 6.92 Å². The van der Waals surface area contributed by atoms with E-state index in [2.05, 4.69) is 15.6 Å². The normalized spacial score (nSPS) is 10.3. The number of hydrogen-bond acceptors (Lipinski definition) is 5. The second-order valence-electron chi connectivity index (χ2n) is 5.79. The lowest BCUT2D eigenvalue weighted by atomic mass is 10.2. The van der Waals surface area contributed by atoms with E-state index in [1.165, 1.54) is 12.1 Å². The summed E-state index contributed by atoms with van der Waals surface area (Å²) < 4.78 is 0. The van der Waals surface area contributed by atoms with Crippen molar-refractivity contribution in [1.82, 2.24) is 9.88 Å². The molecule has 0 bridgehead atoms. The highest BCUT2D eigenvalue weighted by atomic mass is 35.5. The number of amides is 2. The number of nitriles is 1. The fraction of sp³-hybridized carbons (Fsp3) is 0.222. The number of likely N-dealkylation sites (N-methyl/N-ethyl adjacent to an activating group) is 1. The average Bonchev–Trinajstić information content (AvgIpc) is 2.54. The van der Waals surface area contributed by atoms with E-state index >= 15 is 0 Å². The largest absolute Gasteiger partial charge is 0.325 e. The minimum Gasteiger partial charge on any atom is -0.325 e. The molecule has 26 heavy (non-hydrogen) atoms. The standard InChI is InChI=1S/C18H18ClN5O2/c1-12-5-6-21-16(7-12)23-18(26)11-24(2)10-17(25)22-14-4-3-13(9-20)15(19)8-14/h3-8H,10-11H2,1-2H3,(H,22,25)(H,21,23,26).